The normalized spacial score (nSPS) is 9.95. The molecule has 4 heteroatoms. The van der Waals surface area contributed by atoms with Gasteiger partial charge in [-0.2, -0.15) is 0 Å². The second kappa shape index (κ2) is 6.10. The largest absolute Gasteiger partial charge is 0.497 e. The highest BCUT2D eigenvalue weighted by Gasteiger charge is 2.18. The minimum absolute atomic E-state index is 0.0836. The monoisotopic (exact) mass is 271 g/mol. The van der Waals surface area contributed by atoms with Gasteiger partial charge in [0.05, 0.1) is 19.9 Å². The lowest BCUT2D eigenvalue weighted by Gasteiger charge is -2.23. The number of nitrogens with zero attached hydrogens (tertiary/aromatic N) is 1. The smallest absolute Gasteiger partial charge is 0.228 e. The van der Waals surface area contributed by atoms with Gasteiger partial charge in [-0.25, -0.2) is 0 Å². The van der Waals surface area contributed by atoms with Crippen LogP contribution in [0.15, 0.2) is 48.5 Å². The van der Waals surface area contributed by atoms with Crippen molar-refractivity contribution in [2.24, 2.45) is 0 Å². The molecule has 0 aromatic heterocycles. The van der Waals surface area contributed by atoms with Gasteiger partial charge in [-0.15, -0.1) is 0 Å². The summed E-state index contributed by atoms with van der Waals surface area (Å²) in [7, 11) is 3.16. The summed E-state index contributed by atoms with van der Waals surface area (Å²) in [6, 6.07) is 14.8. The van der Waals surface area contributed by atoms with E-state index in [9.17, 15) is 4.79 Å². The van der Waals surface area contributed by atoms with Gasteiger partial charge in [0, 0.05) is 18.7 Å². The molecule has 0 aliphatic heterocycles. The van der Waals surface area contributed by atoms with Crippen LogP contribution in [0.3, 0.4) is 0 Å². The number of hydrogen-bond acceptors (Lipinski definition) is 3. The first-order valence-electron chi connectivity index (χ1n) is 6.25. The molecule has 0 heterocycles. The Hall–Kier alpha value is -2.49. The zero-order valence-electron chi connectivity index (χ0n) is 11.8. The molecule has 0 saturated heterocycles. The summed E-state index contributed by atoms with van der Waals surface area (Å²) in [5.41, 5.74) is 1.48. The standard InChI is InChI=1S/C16H17NO3/c1-12(18)17(13-7-5-4-6-8-13)15-10-9-14(19-2)11-16(15)20-3/h4-11H,1-3H3. The molecule has 0 radical (unpaired) electrons. The third-order valence-corrected chi connectivity index (χ3v) is 2.96. The number of anilines is 2. The van der Waals surface area contributed by atoms with Gasteiger partial charge in [-0.1, -0.05) is 18.2 Å². The highest BCUT2D eigenvalue weighted by Crippen LogP contribution is 2.36. The summed E-state index contributed by atoms with van der Waals surface area (Å²) in [6.07, 6.45) is 0. The van der Waals surface area contributed by atoms with E-state index < -0.39 is 0 Å². The first-order valence-corrected chi connectivity index (χ1v) is 6.25. The lowest BCUT2D eigenvalue weighted by molar-refractivity contribution is -0.115. The van der Waals surface area contributed by atoms with Crippen LogP contribution in [0.2, 0.25) is 0 Å². The van der Waals surface area contributed by atoms with Crippen LogP contribution in [0.1, 0.15) is 6.92 Å². The summed E-state index contributed by atoms with van der Waals surface area (Å²) >= 11 is 0. The van der Waals surface area contributed by atoms with Gasteiger partial charge < -0.3 is 9.47 Å². The molecule has 2 rings (SSSR count). The van der Waals surface area contributed by atoms with Crippen molar-refractivity contribution >= 4 is 17.3 Å². The van der Waals surface area contributed by atoms with Crippen LogP contribution in [-0.2, 0) is 4.79 Å². The van der Waals surface area contributed by atoms with Crippen LogP contribution in [0.25, 0.3) is 0 Å². The molecule has 0 N–H and O–H groups in total. The van der Waals surface area contributed by atoms with Crippen LogP contribution in [0, 0.1) is 0 Å². The molecule has 0 spiro atoms. The maximum absolute atomic E-state index is 12.0. The number of benzene rings is 2. The van der Waals surface area contributed by atoms with E-state index in [1.165, 1.54) is 6.92 Å². The fraction of sp³-hybridized carbons (Fsp3) is 0.188. The average molecular weight is 271 g/mol. The Morgan fingerprint density at radius 2 is 1.70 bits per heavy atom. The molecule has 2 aromatic carbocycles. The van der Waals surface area contributed by atoms with Crippen LogP contribution < -0.4 is 14.4 Å². The SMILES string of the molecule is COc1ccc(N(C(C)=O)c2ccccc2)c(OC)c1. The van der Waals surface area contributed by atoms with Gasteiger partial charge in [0.15, 0.2) is 0 Å². The Bertz CT molecular complexity index is 596. The quantitative estimate of drug-likeness (QED) is 0.855. The van der Waals surface area contributed by atoms with Gasteiger partial charge in [-0.05, 0) is 24.3 Å². The maximum atomic E-state index is 12.0. The first kappa shape index (κ1) is 13.9. The summed E-state index contributed by atoms with van der Waals surface area (Å²) in [5.74, 6) is 1.19. The van der Waals surface area contributed by atoms with Gasteiger partial charge in [0.1, 0.15) is 11.5 Å². The fourth-order valence-electron chi connectivity index (χ4n) is 2.04. The Morgan fingerprint density at radius 1 is 1.00 bits per heavy atom. The minimum Gasteiger partial charge on any atom is -0.497 e. The number of amides is 1. The maximum Gasteiger partial charge on any atom is 0.228 e. The molecule has 0 aliphatic carbocycles. The minimum atomic E-state index is -0.0836. The van der Waals surface area contributed by atoms with Crippen molar-refractivity contribution in [1.29, 1.82) is 0 Å². The lowest BCUT2D eigenvalue weighted by atomic mass is 10.2. The molecule has 0 atom stereocenters. The van der Waals surface area contributed by atoms with Gasteiger partial charge in [-0.3, -0.25) is 9.69 Å². The average Bonchev–Trinajstić information content (AvgIpc) is 2.48. The van der Waals surface area contributed by atoms with E-state index in [-0.39, 0.29) is 5.91 Å². The third-order valence-electron chi connectivity index (χ3n) is 2.96. The molecule has 20 heavy (non-hydrogen) atoms. The van der Waals surface area contributed by atoms with E-state index in [0.717, 1.165) is 5.69 Å². The van der Waals surface area contributed by atoms with Crippen LogP contribution >= 0.6 is 0 Å². The Kier molecular flexibility index (Phi) is 4.25. The lowest BCUT2D eigenvalue weighted by Crippen LogP contribution is -2.23. The predicted octanol–water partition coefficient (Wildman–Crippen LogP) is 3.39. The molecular formula is C16H17NO3. The number of methoxy groups -OCH3 is 2. The summed E-state index contributed by atoms with van der Waals surface area (Å²) in [6.45, 7) is 1.52. The zero-order chi connectivity index (χ0) is 14.5. The zero-order valence-corrected chi connectivity index (χ0v) is 11.8. The van der Waals surface area contributed by atoms with Crippen LogP contribution in [0.5, 0.6) is 11.5 Å². The molecule has 2 aromatic rings. The number of hydrogen-bond donors (Lipinski definition) is 0. The summed E-state index contributed by atoms with van der Waals surface area (Å²) in [5, 5.41) is 0. The molecule has 104 valence electrons. The first-order chi connectivity index (χ1) is 9.67. The van der Waals surface area contributed by atoms with E-state index in [1.807, 2.05) is 36.4 Å². The number of rotatable bonds is 4. The second-order valence-corrected chi connectivity index (χ2v) is 4.23. The van der Waals surface area contributed by atoms with E-state index in [2.05, 4.69) is 0 Å². The van der Waals surface area contributed by atoms with Gasteiger partial charge in [0.25, 0.3) is 0 Å². The number of ether oxygens (including phenoxy) is 2. The third kappa shape index (κ3) is 2.74. The van der Waals surface area contributed by atoms with Gasteiger partial charge >= 0.3 is 0 Å². The van der Waals surface area contributed by atoms with Crippen molar-refractivity contribution in [1.82, 2.24) is 0 Å². The van der Waals surface area contributed by atoms with Crippen molar-refractivity contribution in [2.75, 3.05) is 19.1 Å². The van der Waals surface area contributed by atoms with Crippen LogP contribution in [-0.4, -0.2) is 20.1 Å². The molecule has 0 bridgehead atoms. The molecule has 0 fully saturated rings. The summed E-state index contributed by atoms with van der Waals surface area (Å²) in [4.78, 5) is 13.6. The molecular weight excluding hydrogens is 254 g/mol. The summed E-state index contributed by atoms with van der Waals surface area (Å²) < 4.78 is 10.5. The van der Waals surface area contributed by atoms with E-state index in [0.29, 0.717) is 17.2 Å². The highest BCUT2D eigenvalue weighted by molar-refractivity contribution is 6.00. The molecule has 1 amide bonds. The fourth-order valence-corrected chi connectivity index (χ4v) is 2.04. The van der Waals surface area contributed by atoms with E-state index in [4.69, 9.17) is 9.47 Å². The Morgan fingerprint density at radius 3 is 2.25 bits per heavy atom. The predicted molar refractivity (Wildman–Crippen MR) is 78.8 cm³/mol. The van der Waals surface area contributed by atoms with E-state index in [1.54, 1.807) is 31.3 Å². The molecule has 0 saturated carbocycles. The van der Waals surface area contributed by atoms with Crippen LogP contribution in [0.4, 0.5) is 11.4 Å². The van der Waals surface area contributed by atoms with Crippen molar-refractivity contribution in [3.63, 3.8) is 0 Å². The van der Waals surface area contributed by atoms with Crippen molar-refractivity contribution < 1.29 is 14.3 Å². The molecule has 0 aliphatic rings. The second-order valence-electron chi connectivity index (χ2n) is 4.23. The topological polar surface area (TPSA) is 38.8 Å². The number of carbonyl (C=O) groups excluding carboxylic acids is 1. The molecule has 0 unspecified atom stereocenters. The van der Waals surface area contributed by atoms with Crippen molar-refractivity contribution in [3.05, 3.63) is 48.5 Å². The molecule has 4 nitrogen and oxygen atoms in total. The Balaban J connectivity index is 2.53. The van der Waals surface area contributed by atoms with Crippen molar-refractivity contribution in [2.45, 2.75) is 6.92 Å². The number of para-hydroxylation sites is 1. The Labute approximate surface area is 118 Å². The number of carbonyl (C=O) groups is 1. The van der Waals surface area contributed by atoms with Gasteiger partial charge in [0.2, 0.25) is 5.91 Å². The van der Waals surface area contributed by atoms with E-state index >= 15 is 0 Å². The highest BCUT2D eigenvalue weighted by atomic mass is 16.5. The van der Waals surface area contributed by atoms with Crippen molar-refractivity contribution in [3.8, 4) is 11.5 Å².